The van der Waals surface area contributed by atoms with E-state index in [1.165, 1.54) is 45.3 Å². The number of carbonyl (C=O) groups is 1. The molecule has 1 N–H and O–H groups in total. The summed E-state index contributed by atoms with van der Waals surface area (Å²) in [6.07, 6.45) is 9.62. The normalized spacial score (nSPS) is 30.5. The van der Waals surface area contributed by atoms with Gasteiger partial charge in [0.25, 0.3) is 5.91 Å². The van der Waals surface area contributed by atoms with Crippen molar-refractivity contribution < 1.29 is 9.53 Å². The number of benzene rings is 1. The number of ether oxygens (including phenoxy) is 1. The second-order valence-electron chi connectivity index (χ2n) is 9.66. The zero-order valence-corrected chi connectivity index (χ0v) is 18.6. The molecule has 1 aliphatic carbocycles. The third kappa shape index (κ3) is 4.49. The van der Waals surface area contributed by atoms with E-state index in [0.717, 1.165) is 50.7 Å². The van der Waals surface area contributed by atoms with Crippen LogP contribution in [0, 0.1) is 5.92 Å². The molecule has 6 rings (SSSR count). The molecule has 1 amide bonds. The molecule has 1 saturated carbocycles. The molecule has 164 valence electrons. The van der Waals surface area contributed by atoms with Crippen LogP contribution in [0.3, 0.4) is 0 Å². The predicted molar refractivity (Wildman–Crippen MR) is 119 cm³/mol. The highest BCUT2D eigenvalue weighted by atomic mass is 35.5. The first kappa shape index (κ1) is 20.6. The summed E-state index contributed by atoms with van der Waals surface area (Å²) < 4.78 is 6.25. The topological polar surface area (TPSA) is 44.8 Å². The molecule has 4 saturated heterocycles. The summed E-state index contributed by atoms with van der Waals surface area (Å²) in [6, 6.07) is 6.52. The molecule has 0 aromatic heterocycles. The molecule has 5 nitrogen and oxygen atoms in total. The molecule has 0 radical (unpaired) electrons. The van der Waals surface area contributed by atoms with Crippen molar-refractivity contribution in [1.29, 1.82) is 0 Å². The number of hydrogen-bond acceptors (Lipinski definition) is 4. The Morgan fingerprint density at radius 3 is 2.37 bits per heavy atom. The van der Waals surface area contributed by atoms with Crippen LogP contribution in [0.25, 0.3) is 0 Å². The molecule has 4 heterocycles. The average molecular weight is 432 g/mol. The minimum absolute atomic E-state index is 0.0267. The third-order valence-electron chi connectivity index (χ3n) is 7.75. The van der Waals surface area contributed by atoms with Gasteiger partial charge in [-0.25, -0.2) is 0 Å². The van der Waals surface area contributed by atoms with Crippen molar-refractivity contribution >= 4 is 17.5 Å². The van der Waals surface area contributed by atoms with Crippen LogP contribution in [0.2, 0.25) is 5.02 Å². The molecule has 1 aromatic rings. The lowest BCUT2D eigenvalue weighted by Crippen LogP contribution is -2.59. The van der Waals surface area contributed by atoms with Gasteiger partial charge < -0.3 is 15.0 Å². The van der Waals surface area contributed by atoms with Gasteiger partial charge in [0.2, 0.25) is 0 Å². The Morgan fingerprint density at radius 1 is 1.00 bits per heavy atom. The van der Waals surface area contributed by atoms with Crippen molar-refractivity contribution in [1.82, 2.24) is 15.1 Å². The second-order valence-corrected chi connectivity index (χ2v) is 10.1. The Bertz CT molecular complexity index is 751. The van der Waals surface area contributed by atoms with Gasteiger partial charge in [0.15, 0.2) is 0 Å². The second kappa shape index (κ2) is 9.05. The standard InChI is InChI=1S/C24H34ClN3O2/c25-21-15-18(24(29)26-19-3-1-2-4-19)5-6-23(21)30-20-9-13-28(14-10-20)22-16-27-11-7-17(22)8-12-27/h5-6,15,17,19-20,22H,1-4,7-14,16H2,(H,26,29)/t22-/m0/s1. The predicted octanol–water partition coefficient (Wildman–Crippen LogP) is 3.95. The van der Waals surface area contributed by atoms with Gasteiger partial charge in [-0.15, -0.1) is 0 Å². The van der Waals surface area contributed by atoms with E-state index in [2.05, 4.69) is 15.1 Å². The molecular formula is C24H34ClN3O2. The number of halogens is 1. The quantitative estimate of drug-likeness (QED) is 0.766. The third-order valence-corrected chi connectivity index (χ3v) is 8.04. The van der Waals surface area contributed by atoms with Gasteiger partial charge in [0.1, 0.15) is 11.9 Å². The number of rotatable bonds is 5. The highest BCUT2D eigenvalue weighted by Gasteiger charge is 2.38. The summed E-state index contributed by atoms with van der Waals surface area (Å²) in [4.78, 5) is 17.8. The highest BCUT2D eigenvalue weighted by Crippen LogP contribution is 2.34. The van der Waals surface area contributed by atoms with Crippen LogP contribution in [0.4, 0.5) is 0 Å². The average Bonchev–Trinajstić information content (AvgIpc) is 3.29. The Labute approximate surface area is 185 Å². The van der Waals surface area contributed by atoms with Crippen molar-refractivity contribution in [3.63, 3.8) is 0 Å². The van der Waals surface area contributed by atoms with Crippen molar-refractivity contribution in [2.24, 2.45) is 5.92 Å². The molecule has 4 aliphatic heterocycles. The minimum Gasteiger partial charge on any atom is -0.489 e. The first-order valence-electron chi connectivity index (χ1n) is 11.9. The number of hydrogen-bond donors (Lipinski definition) is 1. The molecule has 30 heavy (non-hydrogen) atoms. The number of nitrogens with one attached hydrogen (secondary N) is 1. The zero-order valence-electron chi connectivity index (χ0n) is 17.8. The van der Waals surface area contributed by atoms with Crippen LogP contribution < -0.4 is 10.1 Å². The van der Waals surface area contributed by atoms with E-state index in [4.69, 9.17) is 16.3 Å². The van der Waals surface area contributed by atoms with Crippen molar-refractivity contribution in [3.8, 4) is 5.75 Å². The number of fused-ring (bicyclic) bond motifs is 3. The van der Waals surface area contributed by atoms with Crippen molar-refractivity contribution in [2.45, 2.75) is 69.6 Å². The molecular weight excluding hydrogens is 398 g/mol. The van der Waals surface area contributed by atoms with Crippen LogP contribution >= 0.6 is 11.6 Å². The fourth-order valence-electron chi connectivity index (χ4n) is 5.93. The smallest absolute Gasteiger partial charge is 0.251 e. The van der Waals surface area contributed by atoms with Crippen LogP contribution in [0.15, 0.2) is 18.2 Å². The lowest BCUT2D eigenvalue weighted by molar-refractivity contribution is -0.0178. The summed E-state index contributed by atoms with van der Waals surface area (Å²) in [7, 11) is 0. The molecule has 6 heteroatoms. The Kier molecular flexibility index (Phi) is 6.22. The van der Waals surface area contributed by atoms with Crippen LogP contribution in [0.5, 0.6) is 5.75 Å². The summed E-state index contributed by atoms with van der Waals surface area (Å²) in [5.41, 5.74) is 0.622. The fourth-order valence-corrected chi connectivity index (χ4v) is 6.15. The molecule has 2 bridgehead atoms. The van der Waals surface area contributed by atoms with Gasteiger partial charge in [-0.1, -0.05) is 24.4 Å². The van der Waals surface area contributed by atoms with Crippen LogP contribution in [0.1, 0.15) is 61.7 Å². The molecule has 5 aliphatic rings. The minimum atomic E-state index is -0.0267. The zero-order chi connectivity index (χ0) is 20.5. The maximum atomic E-state index is 12.5. The van der Waals surface area contributed by atoms with Gasteiger partial charge >= 0.3 is 0 Å². The molecule has 5 fully saturated rings. The molecule has 0 spiro atoms. The lowest BCUT2D eigenvalue weighted by Gasteiger charge is -2.50. The van der Waals surface area contributed by atoms with E-state index in [1.807, 2.05) is 12.1 Å². The van der Waals surface area contributed by atoms with E-state index in [0.29, 0.717) is 22.4 Å². The maximum Gasteiger partial charge on any atom is 0.251 e. The summed E-state index contributed by atoms with van der Waals surface area (Å²) in [5.74, 6) is 1.57. The number of piperidine rings is 4. The fraction of sp³-hybridized carbons (Fsp3) is 0.708. The molecule has 1 aromatic carbocycles. The molecule has 1 atom stereocenters. The summed E-state index contributed by atoms with van der Waals surface area (Å²) in [6.45, 7) is 6.08. The van der Waals surface area contributed by atoms with Crippen molar-refractivity contribution in [2.75, 3.05) is 32.7 Å². The molecule has 0 unspecified atom stereocenters. The van der Waals surface area contributed by atoms with Gasteiger partial charge in [-0.3, -0.25) is 9.69 Å². The first-order chi connectivity index (χ1) is 14.7. The summed E-state index contributed by atoms with van der Waals surface area (Å²) >= 11 is 6.48. The van der Waals surface area contributed by atoms with E-state index < -0.39 is 0 Å². The Balaban J connectivity index is 1.13. The number of nitrogens with zero attached hydrogens (tertiary/aromatic N) is 2. The summed E-state index contributed by atoms with van der Waals surface area (Å²) in [5, 5.41) is 3.66. The highest BCUT2D eigenvalue weighted by molar-refractivity contribution is 6.32. The Hall–Kier alpha value is -1.30. The van der Waals surface area contributed by atoms with Gasteiger partial charge in [-0.2, -0.15) is 0 Å². The van der Waals surface area contributed by atoms with E-state index >= 15 is 0 Å². The largest absolute Gasteiger partial charge is 0.489 e. The van der Waals surface area contributed by atoms with Gasteiger partial charge in [0, 0.05) is 37.3 Å². The van der Waals surface area contributed by atoms with E-state index in [9.17, 15) is 4.79 Å². The van der Waals surface area contributed by atoms with Crippen LogP contribution in [-0.4, -0.2) is 66.6 Å². The van der Waals surface area contributed by atoms with E-state index in [-0.39, 0.29) is 12.0 Å². The van der Waals surface area contributed by atoms with E-state index in [1.54, 1.807) is 6.07 Å². The lowest BCUT2D eigenvalue weighted by atomic mass is 9.82. The van der Waals surface area contributed by atoms with Gasteiger partial charge in [-0.05, 0) is 75.7 Å². The number of amides is 1. The first-order valence-corrected chi connectivity index (χ1v) is 12.3. The number of carbonyl (C=O) groups excluding carboxylic acids is 1. The van der Waals surface area contributed by atoms with Crippen LogP contribution in [-0.2, 0) is 0 Å². The van der Waals surface area contributed by atoms with Gasteiger partial charge in [0.05, 0.1) is 5.02 Å². The SMILES string of the molecule is O=C(NC1CCCC1)c1ccc(OC2CCN([C@H]3CN4CCC3CC4)CC2)c(Cl)c1. The Morgan fingerprint density at radius 2 is 1.73 bits per heavy atom. The monoisotopic (exact) mass is 431 g/mol. The maximum absolute atomic E-state index is 12.5. The number of likely N-dealkylation sites (tertiary alicyclic amines) is 1. The van der Waals surface area contributed by atoms with Crippen molar-refractivity contribution in [3.05, 3.63) is 28.8 Å².